The molecule has 3 aromatic rings. The molecule has 1 amide bonds. The van der Waals surface area contributed by atoms with Crippen LogP contribution in [-0.2, 0) is 22.5 Å². The first-order chi connectivity index (χ1) is 16.9. The Kier molecular flexibility index (Phi) is 8.08. The van der Waals surface area contributed by atoms with Crippen molar-refractivity contribution in [3.63, 3.8) is 0 Å². The maximum atomic E-state index is 13.6. The van der Waals surface area contributed by atoms with Gasteiger partial charge in [0.1, 0.15) is 5.82 Å². The Morgan fingerprint density at radius 3 is 2.39 bits per heavy atom. The van der Waals surface area contributed by atoms with Crippen LogP contribution in [-0.4, -0.2) is 55.5 Å². The van der Waals surface area contributed by atoms with Gasteiger partial charge < -0.3 is 15.4 Å². The zero-order valence-corrected chi connectivity index (χ0v) is 21.9. The van der Waals surface area contributed by atoms with Gasteiger partial charge in [-0.05, 0) is 39.7 Å². The van der Waals surface area contributed by atoms with Gasteiger partial charge in [-0.3, -0.25) is 19.1 Å². The lowest BCUT2D eigenvalue weighted by Crippen LogP contribution is -2.43. The fourth-order valence-corrected chi connectivity index (χ4v) is 4.10. The molecule has 3 aromatic heterocycles. The van der Waals surface area contributed by atoms with E-state index in [0.717, 1.165) is 11.4 Å². The predicted molar refractivity (Wildman–Crippen MR) is 137 cm³/mol. The monoisotopic (exact) mass is 498 g/mol. The number of carbonyl (C=O) groups is 1. The average molecular weight is 499 g/mol. The van der Waals surface area contributed by atoms with E-state index >= 15 is 0 Å². The molecule has 12 nitrogen and oxygen atoms in total. The van der Waals surface area contributed by atoms with E-state index in [9.17, 15) is 14.4 Å². The topological polar surface area (TPSA) is 154 Å². The van der Waals surface area contributed by atoms with Crippen molar-refractivity contribution in [3.8, 4) is 5.95 Å². The molecule has 0 aliphatic carbocycles. The number of aryl methyl sites for hydroxylation is 3. The SMILES string of the molecule is COCCN(C(=O)Cc1c(C)nn(-c2nc(C)cc(C)n2)c1C)c1c(N)n(CC(C)C)c(=O)[nH]c1=O. The number of nitrogens with two attached hydrogens (primary N) is 1. The molecule has 0 atom stereocenters. The number of nitrogens with one attached hydrogen (secondary N) is 1. The summed E-state index contributed by atoms with van der Waals surface area (Å²) in [6.07, 6.45) is -0.0473. The number of methoxy groups -OCH3 is 1. The second-order valence-electron chi connectivity index (χ2n) is 9.22. The lowest BCUT2D eigenvalue weighted by Gasteiger charge is -2.25. The van der Waals surface area contributed by atoms with Gasteiger partial charge in [-0.15, -0.1) is 0 Å². The van der Waals surface area contributed by atoms with Crippen molar-refractivity contribution in [2.24, 2.45) is 5.92 Å². The van der Waals surface area contributed by atoms with E-state index in [4.69, 9.17) is 10.5 Å². The smallest absolute Gasteiger partial charge is 0.330 e. The lowest BCUT2D eigenvalue weighted by molar-refractivity contribution is -0.118. The summed E-state index contributed by atoms with van der Waals surface area (Å²) in [6.45, 7) is 11.8. The molecule has 3 heterocycles. The highest BCUT2D eigenvalue weighted by Crippen LogP contribution is 2.22. The number of hydrogen-bond donors (Lipinski definition) is 2. The van der Waals surface area contributed by atoms with Gasteiger partial charge in [-0.25, -0.2) is 19.4 Å². The van der Waals surface area contributed by atoms with E-state index in [1.807, 2.05) is 40.7 Å². The van der Waals surface area contributed by atoms with Gasteiger partial charge in [0, 0.05) is 42.8 Å². The van der Waals surface area contributed by atoms with E-state index < -0.39 is 11.2 Å². The molecule has 36 heavy (non-hydrogen) atoms. The zero-order valence-electron chi connectivity index (χ0n) is 21.9. The minimum absolute atomic E-state index is 0.0473. The third-order valence-electron chi connectivity index (χ3n) is 5.78. The van der Waals surface area contributed by atoms with Crippen molar-refractivity contribution in [3.05, 3.63) is 55.2 Å². The molecule has 0 radical (unpaired) electrons. The summed E-state index contributed by atoms with van der Waals surface area (Å²) in [5.74, 6) is 0.0701. The average Bonchev–Trinajstić information content (AvgIpc) is 3.06. The molecular weight excluding hydrogens is 464 g/mol. The summed E-state index contributed by atoms with van der Waals surface area (Å²) in [5, 5.41) is 4.56. The van der Waals surface area contributed by atoms with Crippen molar-refractivity contribution in [1.29, 1.82) is 0 Å². The predicted octanol–water partition coefficient (Wildman–Crippen LogP) is 1.21. The highest BCUT2D eigenvalue weighted by molar-refractivity contribution is 5.97. The highest BCUT2D eigenvalue weighted by Gasteiger charge is 2.27. The number of aromatic amines is 1. The van der Waals surface area contributed by atoms with Crippen molar-refractivity contribution in [2.75, 3.05) is 30.9 Å². The van der Waals surface area contributed by atoms with Gasteiger partial charge in [0.25, 0.3) is 11.5 Å². The summed E-state index contributed by atoms with van der Waals surface area (Å²) in [7, 11) is 1.50. The van der Waals surface area contributed by atoms with Crippen molar-refractivity contribution in [1.82, 2.24) is 29.3 Å². The molecule has 12 heteroatoms. The van der Waals surface area contributed by atoms with E-state index in [0.29, 0.717) is 29.4 Å². The molecule has 0 unspecified atom stereocenters. The number of rotatable bonds is 9. The van der Waals surface area contributed by atoms with E-state index in [-0.39, 0.29) is 42.9 Å². The quantitative estimate of drug-likeness (QED) is 0.446. The number of H-pyrrole nitrogens is 1. The second kappa shape index (κ2) is 10.9. The van der Waals surface area contributed by atoms with Gasteiger partial charge in [0.2, 0.25) is 5.91 Å². The largest absolute Gasteiger partial charge is 0.383 e. The Labute approximate surface area is 209 Å². The van der Waals surface area contributed by atoms with Crippen LogP contribution >= 0.6 is 0 Å². The van der Waals surface area contributed by atoms with E-state index in [2.05, 4.69) is 20.1 Å². The number of anilines is 2. The number of carbonyl (C=O) groups excluding carboxylic acids is 1. The molecular formula is C24H34N8O4. The van der Waals surface area contributed by atoms with Crippen LogP contribution in [0.4, 0.5) is 11.5 Å². The molecule has 0 saturated carbocycles. The van der Waals surface area contributed by atoms with Crippen LogP contribution in [0, 0.1) is 33.6 Å². The van der Waals surface area contributed by atoms with Gasteiger partial charge in [-0.1, -0.05) is 13.8 Å². The number of nitrogen functional groups attached to an aromatic ring is 1. The van der Waals surface area contributed by atoms with Crippen LogP contribution in [0.25, 0.3) is 5.95 Å². The molecule has 0 saturated heterocycles. The molecule has 0 spiro atoms. The Morgan fingerprint density at radius 2 is 1.81 bits per heavy atom. The van der Waals surface area contributed by atoms with Gasteiger partial charge in [0.05, 0.1) is 18.7 Å². The third-order valence-corrected chi connectivity index (χ3v) is 5.78. The third kappa shape index (κ3) is 5.54. The van der Waals surface area contributed by atoms with Gasteiger partial charge in [-0.2, -0.15) is 5.10 Å². The lowest BCUT2D eigenvalue weighted by atomic mass is 10.1. The maximum Gasteiger partial charge on any atom is 0.330 e. The van der Waals surface area contributed by atoms with Gasteiger partial charge >= 0.3 is 5.69 Å². The van der Waals surface area contributed by atoms with Crippen molar-refractivity contribution >= 4 is 17.4 Å². The molecule has 3 N–H and O–H groups in total. The summed E-state index contributed by atoms with van der Waals surface area (Å²) in [5.41, 5.74) is 8.52. The van der Waals surface area contributed by atoms with Crippen LogP contribution in [0.15, 0.2) is 15.7 Å². The summed E-state index contributed by atoms with van der Waals surface area (Å²) in [4.78, 5) is 51.3. The summed E-state index contributed by atoms with van der Waals surface area (Å²) < 4.78 is 8.07. The number of aromatic nitrogens is 6. The fourth-order valence-electron chi connectivity index (χ4n) is 4.10. The van der Waals surface area contributed by atoms with Crippen LogP contribution in [0.3, 0.4) is 0 Å². The first kappa shape index (κ1) is 26.8. The molecule has 0 bridgehead atoms. The van der Waals surface area contributed by atoms with Crippen LogP contribution < -0.4 is 21.9 Å². The molecule has 0 fully saturated rings. The molecule has 0 aliphatic heterocycles. The normalized spacial score (nSPS) is 11.3. The van der Waals surface area contributed by atoms with Crippen LogP contribution in [0.5, 0.6) is 0 Å². The number of hydrogen-bond acceptors (Lipinski definition) is 8. The minimum Gasteiger partial charge on any atom is -0.383 e. The molecule has 0 aliphatic rings. The highest BCUT2D eigenvalue weighted by atomic mass is 16.5. The first-order valence-corrected chi connectivity index (χ1v) is 11.7. The Balaban J connectivity index is 2.04. The standard InChI is InChI=1S/C24H34N8O4/c1-13(2)12-31-21(25)20(22(34)28-24(31)35)30(8-9-36-7)19(33)11-18-16(5)29-32(17(18)6)23-26-14(3)10-15(4)27-23/h10,13H,8-9,11-12,25H2,1-7H3,(H,28,34,35). The maximum absolute atomic E-state index is 13.6. The minimum atomic E-state index is -0.727. The van der Waals surface area contributed by atoms with E-state index in [1.54, 1.807) is 11.6 Å². The summed E-state index contributed by atoms with van der Waals surface area (Å²) in [6, 6.07) is 1.87. The Hall–Kier alpha value is -3.80. The summed E-state index contributed by atoms with van der Waals surface area (Å²) >= 11 is 0. The number of nitrogens with zero attached hydrogens (tertiary/aromatic N) is 6. The fraction of sp³-hybridized carbons (Fsp3) is 0.500. The van der Waals surface area contributed by atoms with Crippen molar-refractivity contribution < 1.29 is 9.53 Å². The van der Waals surface area contributed by atoms with E-state index in [1.165, 1.54) is 16.6 Å². The Bertz CT molecular complexity index is 1370. The second-order valence-corrected chi connectivity index (χ2v) is 9.22. The molecule has 194 valence electrons. The van der Waals surface area contributed by atoms with Crippen LogP contribution in [0.1, 0.15) is 42.2 Å². The first-order valence-electron chi connectivity index (χ1n) is 11.7. The number of ether oxygens (including phenoxy) is 1. The van der Waals surface area contributed by atoms with Gasteiger partial charge in [0.15, 0.2) is 5.69 Å². The van der Waals surface area contributed by atoms with Crippen molar-refractivity contribution in [2.45, 2.75) is 54.5 Å². The van der Waals surface area contributed by atoms with Crippen LogP contribution in [0.2, 0.25) is 0 Å². The molecule has 3 rings (SSSR count). The number of amides is 1. The zero-order chi connectivity index (χ0) is 26.7. The molecule has 0 aromatic carbocycles. The Morgan fingerprint density at radius 1 is 1.17 bits per heavy atom.